The van der Waals surface area contributed by atoms with E-state index >= 15 is 0 Å². The van der Waals surface area contributed by atoms with Crippen molar-refractivity contribution in [3.63, 3.8) is 0 Å². The first-order chi connectivity index (χ1) is 11.4. The molecular weight excluding hydrogens is 318 g/mol. The third-order valence-corrected chi connectivity index (χ3v) is 5.46. The highest BCUT2D eigenvalue weighted by Gasteiger charge is 2.21. The summed E-state index contributed by atoms with van der Waals surface area (Å²) < 4.78 is 0. The summed E-state index contributed by atoms with van der Waals surface area (Å²) >= 11 is 0. The molecule has 4 rings (SSSR count). The number of hydrogen-bond donors (Lipinski definition) is 2. The van der Waals surface area contributed by atoms with Crippen molar-refractivity contribution in [3.8, 4) is 11.4 Å². The van der Waals surface area contributed by atoms with Crippen molar-refractivity contribution < 1.29 is 0 Å². The Hall–Kier alpha value is -1.48. The second-order valence-corrected chi connectivity index (χ2v) is 7.09. The number of aromatic nitrogens is 2. The van der Waals surface area contributed by atoms with E-state index < -0.39 is 0 Å². The smallest absolute Gasteiger partial charge is 0.0659 e. The molecule has 4 heteroatoms. The molecule has 1 fully saturated rings. The van der Waals surface area contributed by atoms with Crippen LogP contribution in [-0.2, 0) is 12.8 Å². The number of fused-ring (bicyclic) bond motifs is 1. The zero-order valence-electron chi connectivity index (χ0n) is 14.3. The average Bonchev–Trinajstić information content (AvgIpc) is 3.15. The summed E-state index contributed by atoms with van der Waals surface area (Å²) in [6, 6.07) is 4.77. The van der Waals surface area contributed by atoms with Crippen molar-refractivity contribution >= 4 is 18.6 Å². The van der Waals surface area contributed by atoms with Gasteiger partial charge < -0.3 is 9.97 Å². The van der Waals surface area contributed by atoms with Gasteiger partial charge in [-0.3, -0.25) is 4.99 Å². The number of rotatable bonds is 3. The fourth-order valence-electron chi connectivity index (χ4n) is 4.18. The summed E-state index contributed by atoms with van der Waals surface area (Å²) in [6.07, 6.45) is 17.1. The van der Waals surface area contributed by atoms with Crippen molar-refractivity contribution in [1.82, 2.24) is 9.97 Å². The molecule has 0 amide bonds. The Balaban J connectivity index is 0.00000169. The maximum absolute atomic E-state index is 4.95. The van der Waals surface area contributed by atoms with Crippen LogP contribution in [0, 0.1) is 0 Å². The number of nitrogens with one attached hydrogen (secondary N) is 2. The first-order valence-electron chi connectivity index (χ1n) is 9.32. The molecule has 3 nitrogen and oxygen atoms in total. The molecule has 0 aromatic carbocycles. The van der Waals surface area contributed by atoms with Gasteiger partial charge in [0.25, 0.3) is 0 Å². The highest BCUT2D eigenvalue weighted by molar-refractivity contribution is 5.85. The molecule has 130 valence electrons. The molecule has 2 aliphatic rings. The van der Waals surface area contributed by atoms with Gasteiger partial charge in [0.2, 0.25) is 0 Å². The molecule has 0 unspecified atom stereocenters. The lowest BCUT2D eigenvalue weighted by atomic mass is 9.91. The number of halogens is 1. The minimum atomic E-state index is 0. The minimum absolute atomic E-state index is 0. The molecule has 0 bridgehead atoms. The number of H-pyrrole nitrogens is 2. The van der Waals surface area contributed by atoms with Crippen LogP contribution in [0.4, 0.5) is 0 Å². The van der Waals surface area contributed by atoms with Crippen LogP contribution in [-0.4, -0.2) is 22.2 Å². The van der Waals surface area contributed by atoms with Gasteiger partial charge in [-0.25, -0.2) is 0 Å². The van der Waals surface area contributed by atoms with Crippen LogP contribution in [0.1, 0.15) is 68.2 Å². The Kier molecular flexibility index (Phi) is 5.83. The van der Waals surface area contributed by atoms with Gasteiger partial charge in [-0.05, 0) is 61.8 Å². The molecule has 24 heavy (non-hydrogen) atoms. The molecule has 0 saturated heterocycles. The zero-order chi connectivity index (χ0) is 15.5. The molecule has 0 atom stereocenters. The molecule has 0 spiro atoms. The lowest BCUT2D eigenvalue weighted by Gasteiger charge is -2.13. The van der Waals surface area contributed by atoms with Crippen LogP contribution in [0.25, 0.3) is 11.4 Å². The van der Waals surface area contributed by atoms with Gasteiger partial charge in [0.15, 0.2) is 0 Å². The summed E-state index contributed by atoms with van der Waals surface area (Å²) in [5, 5.41) is 0. The van der Waals surface area contributed by atoms with Crippen LogP contribution in [0.3, 0.4) is 0 Å². The Labute approximate surface area is 150 Å². The molecule has 0 aliphatic heterocycles. The summed E-state index contributed by atoms with van der Waals surface area (Å²) in [5.74, 6) is 0. The van der Waals surface area contributed by atoms with E-state index in [2.05, 4.69) is 28.3 Å². The standard InChI is InChI=1S/C20H27N3.ClH/c1-2-4-9-15(8-3-1)22-14-19-16-10-5-6-11-17(16)20(23-19)18-12-7-13-21-18;/h7,12-15,21,23H,1-6,8-11H2;1H. The van der Waals surface area contributed by atoms with Crippen molar-refractivity contribution in [1.29, 1.82) is 0 Å². The molecule has 0 radical (unpaired) electrons. The van der Waals surface area contributed by atoms with Crippen LogP contribution in [0.5, 0.6) is 0 Å². The fourth-order valence-corrected chi connectivity index (χ4v) is 4.18. The first-order valence-corrected chi connectivity index (χ1v) is 9.32. The highest BCUT2D eigenvalue weighted by Crippen LogP contribution is 2.32. The fraction of sp³-hybridized carbons (Fsp3) is 0.550. The van der Waals surface area contributed by atoms with Crippen molar-refractivity contribution in [3.05, 3.63) is 35.2 Å². The van der Waals surface area contributed by atoms with Crippen LogP contribution in [0.15, 0.2) is 23.3 Å². The molecule has 1 saturated carbocycles. The molecular formula is C20H28ClN3. The van der Waals surface area contributed by atoms with Crippen LogP contribution >= 0.6 is 12.4 Å². The van der Waals surface area contributed by atoms with E-state index in [-0.39, 0.29) is 12.4 Å². The first kappa shape index (κ1) is 17.3. The normalized spacial score (nSPS) is 19.0. The number of hydrogen-bond acceptors (Lipinski definition) is 1. The largest absolute Gasteiger partial charge is 0.360 e. The quantitative estimate of drug-likeness (QED) is 0.548. The van der Waals surface area contributed by atoms with Gasteiger partial charge in [0.1, 0.15) is 0 Å². The van der Waals surface area contributed by atoms with Gasteiger partial charge >= 0.3 is 0 Å². The Bertz CT molecular complexity index is 661. The van der Waals surface area contributed by atoms with Crippen molar-refractivity contribution in [2.45, 2.75) is 70.3 Å². The van der Waals surface area contributed by atoms with Gasteiger partial charge in [-0.15, -0.1) is 12.4 Å². The number of nitrogens with zero attached hydrogens (tertiary/aromatic N) is 1. The molecule has 2 aliphatic carbocycles. The highest BCUT2D eigenvalue weighted by atomic mass is 35.5. The molecule has 2 aromatic heterocycles. The van der Waals surface area contributed by atoms with Gasteiger partial charge in [-0.1, -0.05) is 25.7 Å². The maximum atomic E-state index is 4.95. The van der Waals surface area contributed by atoms with Crippen molar-refractivity contribution in [2.24, 2.45) is 4.99 Å². The van der Waals surface area contributed by atoms with Crippen molar-refractivity contribution in [2.75, 3.05) is 0 Å². The van der Waals surface area contributed by atoms with Gasteiger partial charge in [0.05, 0.1) is 23.1 Å². The maximum Gasteiger partial charge on any atom is 0.0659 e. The Morgan fingerprint density at radius 3 is 2.42 bits per heavy atom. The lowest BCUT2D eigenvalue weighted by Crippen LogP contribution is -2.05. The third-order valence-electron chi connectivity index (χ3n) is 5.46. The topological polar surface area (TPSA) is 43.9 Å². The summed E-state index contributed by atoms with van der Waals surface area (Å²) in [4.78, 5) is 12.0. The molecule has 2 aromatic rings. The van der Waals surface area contributed by atoms with E-state index in [0.29, 0.717) is 6.04 Å². The van der Waals surface area contributed by atoms with Gasteiger partial charge in [-0.2, -0.15) is 0 Å². The summed E-state index contributed by atoms with van der Waals surface area (Å²) in [6.45, 7) is 0. The minimum Gasteiger partial charge on any atom is -0.360 e. The van der Waals surface area contributed by atoms with E-state index in [0.717, 1.165) is 0 Å². The Morgan fingerprint density at radius 2 is 1.71 bits per heavy atom. The van der Waals surface area contributed by atoms with E-state index in [9.17, 15) is 0 Å². The van der Waals surface area contributed by atoms with E-state index in [4.69, 9.17) is 4.99 Å². The van der Waals surface area contributed by atoms with E-state index in [1.165, 1.54) is 92.4 Å². The zero-order valence-corrected chi connectivity index (χ0v) is 15.1. The van der Waals surface area contributed by atoms with E-state index in [1.54, 1.807) is 0 Å². The second-order valence-electron chi connectivity index (χ2n) is 7.09. The molecule has 2 N–H and O–H groups in total. The van der Waals surface area contributed by atoms with Crippen LogP contribution < -0.4 is 0 Å². The number of aliphatic imine (C=N–C) groups is 1. The second kappa shape index (κ2) is 8.06. The third kappa shape index (κ3) is 3.61. The van der Waals surface area contributed by atoms with E-state index in [1.807, 2.05) is 6.20 Å². The Morgan fingerprint density at radius 1 is 0.958 bits per heavy atom. The predicted octanol–water partition coefficient (Wildman–Crippen LogP) is 5.45. The molecule has 2 heterocycles. The predicted molar refractivity (Wildman–Crippen MR) is 104 cm³/mol. The summed E-state index contributed by atoms with van der Waals surface area (Å²) in [5.41, 5.74) is 6.78. The van der Waals surface area contributed by atoms with Gasteiger partial charge in [0, 0.05) is 12.4 Å². The monoisotopic (exact) mass is 345 g/mol. The SMILES string of the molecule is C(=NC1CCCCCC1)c1[nH]c(-c2ccc[nH]2)c2c1CCCC2.Cl. The number of aromatic amines is 2. The lowest BCUT2D eigenvalue weighted by molar-refractivity contribution is 0.588. The summed E-state index contributed by atoms with van der Waals surface area (Å²) in [7, 11) is 0. The van der Waals surface area contributed by atoms with Crippen LogP contribution in [0.2, 0.25) is 0 Å². The average molecular weight is 346 g/mol.